The topological polar surface area (TPSA) is 12.9 Å². The van der Waals surface area contributed by atoms with Crippen molar-refractivity contribution in [2.45, 2.75) is 19.8 Å². The third-order valence-electron chi connectivity index (χ3n) is 6.34. The molecule has 0 radical (unpaired) electrons. The monoisotopic (exact) mass is 465 g/mol. The first kappa shape index (κ1) is 18.8. The van der Waals surface area contributed by atoms with E-state index in [9.17, 15) is 0 Å². The summed E-state index contributed by atoms with van der Waals surface area (Å²) < 4.78 is 6.79. The van der Waals surface area contributed by atoms with Crippen molar-refractivity contribution in [3.05, 3.63) is 78.5 Å². The van der Waals surface area contributed by atoms with Gasteiger partial charge in [-0.1, -0.05) is 50.2 Å². The molecule has 154 valence electrons. The van der Waals surface area contributed by atoms with E-state index in [1.165, 1.54) is 60.9 Å². The maximum Gasteiger partial charge on any atom is 0.0890 e. The van der Waals surface area contributed by atoms with E-state index in [0.717, 1.165) is 5.69 Å². The number of nitrogens with zero attached hydrogens (tertiary/aromatic N) is 1. The van der Waals surface area contributed by atoms with Gasteiger partial charge in [-0.15, -0.1) is 34.0 Å². The minimum atomic E-state index is 0.440. The quantitative estimate of drug-likeness (QED) is 0.247. The summed E-state index contributed by atoms with van der Waals surface area (Å²) in [4.78, 5) is 4.89. The fourth-order valence-corrected chi connectivity index (χ4v) is 8.74. The van der Waals surface area contributed by atoms with Crippen molar-refractivity contribution in [1.82, 2.24) is 4.98 Å². The van der Waals surface area contributed by atoms with Crippen LogP contribution in [0.25, 0.3) is 61.0 Å². The molecule has 4 heterocycles. The van der Waals surface area contributed by atoms with E-state index in [1.807, 2.05) is 40.2 Å². The van der Waals surface area contributed by atoms with Crippen LogP contribution >= 0.6 is 34.0 Å². The first-order chi connectivity index (χ1) is 15.7. The molecule has 3 aromatic carbocycles. The lowest BCUT2D eigenvalue weighted by Crippen LogP contribution is -1.91. The molecule has 0 atom stereocenters. The third-order valence-corrected chi connectivity index (χ3v) is 9.93. The number of thiophene rings is 3. The fourth-order valence-electron chi connectivity index (χ4n) is 4.87. The van der Waals surface area contributed by atoms with Gasteiger partial charge in [0.1, 0.15) is 0 Å². The number of pyridine rings is 1. The number of hydrogen-bond donors (Lipinski definition) is 0. The van der Waals surface area contributed by atoms with Crippen LogP contribution in [0.15, 0.2) is 72.9 Å². The Labute approximate surface area is 197 Å². The number of benzene rings is 3. The number of hydrogen-bond acceptors (Lipinski definition) is 4. The molecule has 0 saturated heterocycles. The lowest BCUT2D eigenvalue weighted by Gasteiger charge is -2.12. The van der Waals surface area contributed by atoms with Gasteiger partial charge < -0.3 is 0 Å². The highest BCUT2D eigenvalue weighted by Crippen LogP contribution is 2.48. The SMILES string of the molecule is CC(C)c1cc(-c2nccc3c2sc2ccccc23)cc2sc3sc4ccccc4c3c12. The van der Waals surface area contributed by atoms with Gasteiger partial charge in [-0.2, -0.15) is 0 Å². The summed E-state index contributed by atoms with van der Waals surface area (Å²) in [5.74, 6) is 0.440. The van der Waals surface area contributed by atoms with Crippen molar-refractivity contribution >= 4 is 83.8 Å². The summed E-state index contributed by atoms with van der Waals surface area (Å²) in [5, 5.41) is 6.89. The standard InChI is InChI=1S/C28H19NS3/c1-15(2)20-13-16(26-27-18(11-12-29-26)17-7-3-5-9-21(17)30-27)14-23-24(20)25-19-8-4-6-10-22(19)31-28(25)32-23/h3-15H,1-2H3. The van der Waals surface area contributed by atoms with Gasteiger partial charge in [0.15, 0.2) is 0 Å². The second-order valence-electron chi connectivity index (χ2n) is 8.59. The normalized spacial score (nSPS) is 12.3. The van der Waals surface area contributed by atoms with Gasteiger partial charge in [0.2, 0.25) is 0 Å². The van der Waals surface area contributed by atoms with Crippen molar-refractivity contribution < 1.29 is 0 Å². The average Bonchev–Trinajstić information content (AvgIpc) is 3.47. The predicted octanol–water partition coefficient (Wildman–Crippen LogP) is 9.82. The Bertz CT molecular complexity index is 1810. The van der Waals surface area contributed by atoms with Crippen LogP contribution < -0.4 is 0 Å². The van der Waals surface area contributed by atoms with E-state index in [1.54, 1.807) is 0 Å². The van der Waals surface area contributed by atoms with Crippen molar-refractivity contribution in [2.75, 3.05) is 0 Å². The van der Waals surface area contributed by atoms with Crippen LogP contribution in [0.1, 0.15) is 25.3 Å². The maximum absolute atomic E-state index is 4.89. The van der Waals surface area contributed by atoms with Gasteiger partial charge in [-0.25, -0.2) is 0 Å². The van der Waals surface area contributed by atoms with Crippen LogP contribution in [0.3, 0.4) is 0 Å². The molecule has 0 aliphatic heterocycles. The summed E-state index contributed by atoms with van der Waals surface area (Å²) in [6.45, 7) is 4.62. The average molecular weight is 466 g/mol. The highest BCUT2D eigenvalue weighted by Gasteiger charge is 2.19. The van der Waals surface area contributed by atoms with E-state index in [2.05, 4.69) is 80.6 Å². The van der Waals surface area contributed by atoms with Gasteiger partial charge in [0, 0.05) is 52.8 Å². The van der Waals surface area contributed by atoms with Gasteiger partial charge in [0.25, 0.3) is 0 Å². The van der Waals surface area contributed by atoms with Gasteiger partial charge in [-0.3, -0.25) is 4.98 Å². The Morgan fingerprint density at radius 2 is 1.41 bits per heavy atom. The van der Waals surface area contributed by atoms with Crippen molar-refractivity contribution in [3.63, 3.8) is 0 Å². The van der Waals surface area contributed by atoms with Gasteiger partial charge >= 0.3 is 0 Å². The zero-order chi connectivity index (χ0) is 21.4. The predicted molar refractivity (Wildman–Crippen MR) is 145 cm³/mol. The second kappa shape index (κ2) is 6.85. The Morgan fingerprint density at radius 1 is 0.688 bits per heavy atom. The van der Waals surface area contributed by atoms with E-state index in [4.69, 9.17) is 4.98 Å². The van der Waals surface area contributed by atoms with Crippen LogP contribution in [0.5, 0.6) is 0 Å². The molecule has 0 N–H and O–H groups in total. The molecule has 7 aromatic rings. The molecule has 0 bridgehead atoms. The highest BCUT2D eigenvalue weighted by molar-refractivity contribution is 7.44. The molecule has 32 heavy (non-hydrogen) atoms. The molecule has 0 spiro atoms. The maximum atomic E-state index is 4.89. The zero-order valence-corrected chi connectivity index (χ0v) is 20.1. The highest BCUT2D eigenvalue weighted by atomic mass is 32.2. The Balaban J connectivity index is 1.58. The molecule has 1 nitrogen and oxygen atoms in total. The molecular weight excluding hydrogens is 447 g/mol. The largest absolute Gasteiger partial charge is 0.255 e. The molecule has 4 aromatic heterocycles. The van der Waals surface area contributed by atoms with Crippen LogP contribution in [-0.2, 0) is 0 Å². The lowest BCUT2D eigenvalue weighted by atomic mass is 9.94. The number of rotatable bonds is 2. The van der Waals surface area contributed by atoms with E-state index >= 15 is 0 Å². The van der Waals surface area contributed by atoms with Crippen LogP contribution in [0.2, 0.25) is 0 Å². The Kier molecular flexibility index (Phi) is 4.01. The minimum Gasteiger partial charge on any atom is -0.255 e. The second-order valence-corrected chi connectivity index (χ2v) is 12.0. The molecule has 0 saturated carbocycles. The molecule has 7 rings (SSSR count). The summed E-state index contributed by atoms with van der Waals surface area (Å²) >= 11 is 5.71. The van der Waals surface area contributed by atoms with Crippen molar-refractivity contribution in [1.29, 1.82) is 0 Å². The molecule has 0 amide bonds. The summed E-state index contributed by atoms with van der Waals surface area (Å²) in [7, 11) is 0. The van der Waals surface area contributed by atoms with E-state index < -0.39 is 0 Å². The summed E-state index contributed by atoms with van der Waals surface area (Å²) in [5.41, 5.74) is 3.76. The molecule has 0 aliphatic carbocycles. The van der Waals surface area contributed by atoms with E-state index in [-0.39, 0.29) is 0 Å². The number of fused-ring (bicyclic) bond motifs is 8. The summed E-state index contributed by atoms with van der Waals surface area (Å²) in [6, 6.07) is 24.4. The Morgan fingerprint density at radius 3 is 2.22 bits per heavy atom. The van der Waals surface area contributed by atoms with Gasteiger partial charge in [-0.05, 0) is 41.8 Å². The first-order valence-electron chi connectivity index (χ1n) is 10.8. The molecular formula is C28H19NS3. The molecule has 0 unspecified atom stereocenters. The first-order valence-corrected chi connectivity index (χ1v) is 13.3. The molecule has 0 aliphatic rings. The van der Waals surface area contributed by atoms with Crippen LogP contribution in [0, 0.1) is 0 Å². The molecule has 4 heteroatoms. The summed E-state index contributed by atoms with van der Waals surface area (Å²) in [6.07, 6.45) is 1.97. The molecule has 0 fully saturated rings. The zero-order valence-electron chi connectivity index (χ0n) is 17.7. The van der Waals surface area contributed by atoms with Crippen molar-refractivity contribution in [3.8, 4) is 11.3 Å². The van der Waals surface area contributed by atoms with Crippen LogP contribution in [0.4, 0.5) is 0 Å². The van der Waals surface area contributed by atoms with E-state index in [0.29, 0.717) is 5.92 Å². The third kappa shape index (κ3) is 2.57. The van der Waals surface area contributed by atoms with Gasteiger partial charge in [0.05, 0.1) is 14.4 Å². The van der Waals surface area contributed by atoms with Crippen molar-refractivity contribution in [2.24, 2.45) is 0 Å². The lowest BCUT2D eigenvalue weighted by molar-refractivity contribution is 0.878. The Hall–Kier alpha value is -2.79. The fraction of sp³-hybridized carbons (Fsp3) is 0.107. The number of aromatic nitrogens is 1. The van der Waals surface area contributed by atoms with Crippen LogP contribution in [-0.4, -0.2) is 4.98 Å². The minimum absolute atomic E-state index is 0.440. The smallest absolute Gasteiger partial charge is 0.0890 e.